The van der Waals surface area contributed by atoms with Crippen molar-refractivity contribution in [3.63, 3.8) is 0 Å². The maximum absolute atomic E-state index is 9.40. The van der Waals surface area contributed by atoms with Crippen LogP contribution in [0.15, 0.2) is 18.3 Å². The minimum absolute atomic E-state index is 0.213. The molecule has 1 heterocycles. The van der Waals surface area contributed by atoms with E-state index in [1.165, 1.54) is 25.0 Å². The van der Waals surface area contributed by atoms with Gasteiger partial charge in [-0.1, -0.05) is 6.42 Å². The fraction of sp³-hybridized carbons (Fsp3) is 0.692. The first-order valence-electron chi connectivity index (χ1n) is 6.16. The molecule has 2 rings (SSSR count). The van der Waals surface area contributed by atoms with Gasteiger partial charge in [0.1, 0.15) is 0 Å². The first-order valence-corrected chi connectivity index (χ1v) is 6.16. The minimum Gasteiger partial charge on any atom is -0.396 e. The van der Waals surface area contributed by atoms with E-state index in [1.807, 2.05) is 12.3 Å². The van der Waals surface area contributed by atoms with Crippen LogP contribution in [0.4, 0.5) is 0 Å². The third-order valence-electron chi connectivity index (χ3n) is 3.78. The van der Waals surface area contributed by atoms with Crippen molar-refractivity contribution in [2.24, 2.45) is 5.41 Å². The van der Waals surface area contributed by atoms with Gasteiger partial charge in [0.05, 0.1) is 0 Å². The summed E-state index contributed by atoms with van der Waals surface area (Å²) in [5.41, 5.74) is 1.50. The maximum atomic E-state index is 9.40. The van der Waals surface area contributed by atoms with E-state index in [0.717, 1.165) is 19.5 Å². The number of hydrogen-bond acceptors (Lipinski definition) is 2. The summed E-state index contributed by atoms with van der Waals surface area (Å²) >= 11 is 0. The fourth-order valence-electron chi connectivity index (χ4n) is 2.53. The zero-order valence-corrected chi connectivity index (χ0v) is 10.1. The Kier molecular flexibility index (Phi) is 3.66. The molecule has 0 radical (unpaired) electrons. The Hall–Kier alpha value is -0.800. The molecule has 16 heavy (non-hydrogen) atoms. The number of nitrogens with one attached hydrogen (secondary N) is 1. The molecule has 1 saturated carbocycles. The van der Waals surface area contributed by atoms with Crippen LogP contribution in [0.5, 0.6) is 0 Å². The fourth-order valence-corrected chi connectivity index (χ4v) is 2.53. The summed E-state index contributed by atoms with van der Waals surface area (Å²) in [5, 5.41) is 9.40. The molecule has 0 aromatic carbocycles. The van der Waals surface area contributed by atoms with Crippen molar-refractivity contribution >= 4 is 0 Å². The Labute approximate surface area is 97.5 Å². The van der Waals surface area contributed by atoms with Crippen molar-refractivity contribution in [1.82, 2.24) is 9.88 Å². The van der Waals surface area contributed by atoms with Gasteiger partial charge >= 0.3 is 0 Å². The molecule has 3 nitrogen and oxygen atoms in total. The standard InChI is InChI=1S/C13H22N2O/c1-15(9-5-12-4-2-8-14-12)10-13(11-16)6-3-7-13/h2,4,8,14,16H,3,5-7,9-11H2,1H3. The topological polar surface area (TPSA) is 39.3 Å². The second kappa shape index (κ2) is 5.02. The number of nitrogens with zero attached hydrogens (tertiary/aromatic N) is 1. The predicted molar refractivity (Wildman–Crippen MR) is 65.4 cm³/mol. The van der Waals surface area contributed by atoms with E-state index in [1.54, 1.807) is 0 Å². The van der Waals surface area contributed by atoms with Crippen LogP contribution in [-0.4, -0.2) is 41.7 Å². The number of aromatic nitrogens is 1. The molecule has 1 fully saturated rings. The number of likely N-dealkylation sites (N-methyl/N-ethyl adjacent to an activating group) is 1. The van der Waals surface area contributed by atoms with Gasteiger partial charge < -0.3 is 15.0 Å². The predicted octanol–water partition coefficient (Wildman–Crippen LogP) is 1.65. The highest BCUT2D eigenvalue weighted by molar-refractivity contribution is 5.04. The van der Waals surface area contributed by atoms with Crippen LogP contribution >= 0.6 is 0 Å². The van der Waals surface area contributed by atoms with E-state index in [4.69, 9.17) is 0 Å². The van der Waals surface area contributed by atoms with Crippen molar-refractivity contribution in [2.75, 3.05) is 26.7 Å². The highest BCUT2D eigenvalue weighted by Crippen LogP contribution is 2.40. The van der Waals surface area contributed by atoms with E-state index in [-0.39, 0.29) is 5.41 Å². The lowest BCUT2D eigenvalue weighted by molar-refractivity contribution is 0.0149. The number of rotatable bonds is 6. The Morgan fingerprint density at radius 3 is 2.81 bits per heavy atom. The van der Waals surface area contributed by atoms with Crippen molar-refractivity contribution in [1.29, 1.82) is 0 Å². The summed E-state index contributed by atoms with van der Waals surface area (Å²) in [7, 11) is 2.15. The average molecular weight is 222 g/mol. The maximum Gasteiger partial charge on any atom is 0.0499 e. The molecule has 1 aromatic rings. The van der Waals surface area contributed by atoms with Gasteiger partial charge in [-0.15, -0.1) is 0 Å². The number of aliphatic hydroxyl groups is 1. The van der Waals surface area contributed by atoms with Gasteiger partial charge in [-0.25, -0.2) is 0 Å². The van der Waals surface area contributed by atoms with Gasteiger partial charge in [-0.2, -0.15) is 0 Å². The smallest absolute Gasteiger partial charge is 0.0499 e. The normalized spacial score (nSPS) is 18.7. The molecule has 90 valence electrons. The highest BCUT2D eigenvalue weighted by atomic mass is 16.3. The third kappa shape index (κ3) is 2.66. The Morgan fingerprint density at radius 1 is 1.50 bits per heavy atom. The molecule has 0 bridgehead atoms. The Balaban J connectivity index is 1.73. The van der Waals surface area contributed by atoms with Crippen molar-refractivity contribution < 1.29 is 5.11 Å². The zero-order chi connectivity index (χ0) is 11.4. The van der Waals surface area contributed by atoms with Crippen LogP contribution in [-0.2, 0) is 6.42 Å². The van der Waals surface area contributed by atoms with E-state index >= 15 is 0 Å². The summed E-state index contributed by atoms with van der Waals surface area (Å²) < 4.78 is 0. The van der Waals surface area contributed by atoms with Gasteiger partial charge in [0.15, 0.2) is 0 Å². The largest absolute Gasteiger partial charge is 0.396 e. The third-order valence-corrected chi connectivity index (χ3v) is 3.78. The molecule has 0 spiro atoms. The van der Waals surface area contributed by atoms with Crippen LogP contribution < -0.4 is 0 Å². The number of aliphatic hydroxyl groups excluding tert-OH is 1. The monoisotopic (exact) mass is 222 g/mol. The number of hydrogen-bond donors (Lipinski definition) is 2. The van der Waals surface area contributed by atoms with Gasteiger partial charge in [-0.05, 0) is 32.0 Å². The van der Waals surface area contributed by atoms with Crippen LogP contribution in [0.1, 0.15) is 25.0 Å². The SMILES string of the molecule is CN(CCc1ccc[nH]1)CC1(CO)CCC1. The van der Waals surface area contributed by atoms with Crippen LogP contribution in [0, 0.1) is 5.41 Å². The zero-order valence-electron chi connectivity index (χ0n) is 10.1. The van der Waals surface area contributed by atoms with Crippen molar-refractivity contribution in [3.05, 3.63) is 24.0 Å². The van der Waals surface area contributed by atoms with Crippen LogP contribution in [0.2, 0.25) is 0 Å². The molecular weight excluding hydrogens is 200 g/mol. The first-order chi connectivity index (χ1) is 7.74. The number of aromatic amines is 1. The molecule has 0 saturated heterocycles. The minimum atomic E-state index is 0.213. The molecule has 0 aliphatic heterocycles. The second-order valence-corrected chi connectivity index (χ2v) is 5.19. The van der Waals surface area contributed by atoms with E-state index in [9.17, 15) is 5.11 Å². The van der Waals surface area contributed by atoms with Gasteiger partial charge in [0.25, 0.3) is 0 Å². The Morgan fingerprint density at radius 2 is 2.31 bits per heavy atom. The Bertz CT molecular complexity index is 298. The van der Waals surface area contributed by atoms with Crippen LogP contribution in [0.3, 0.4) is 0 Å². The molecule has 1 aromatic heterocycles. The summed E-state index contributed by atoms with van der Waals surface area (Å²) in [6.45, 7) is 2.44. The summed E-state index contributed by atoms with van der Waals surface area (Å²) in [4.78, 5) is 5.56. The van der Waals surface area contributed by atoms with E-state index < -0.39 is 0 Å². The van der Waals surface area contributed by atoms with Crippen LogP contribution in [0.25, 0.3) is 0 Å². The summed E-state index contributed by atoms with van der Waals surface area (Å²) in [6.07, 6.45) is 6.69. The molecule has 0 amide bonds. The molecular formula is C13H22N2O. The summed E-state index contributed by atoms with van der Waals surface area (Å²) in [6, 6.07) is 4.16. The molecule has 1 aliphatic carbocycles. The van der Waals surface area contributed by atoms with Crippen molar-refractivity contribution in [2.45, 2.75) is 25.7 Å². The lowest BCUT2D eigenvalue weighted by Gasteiger charge is -2.43. The first kappa shape index (κ1) is 11.7. The average Bonchev–Trinajstić information content (AvgIpc) is 2.73. The second-order valence-electron chi connectivity index (χ2n) is 5.19. The molecule has 1 aliphatic rings. The molecule has 3 heteroatoms. The highest BCUT2D eigenvalue weighted by Gasteiger charge is 2.36. The van der Waals surface area contributed by atoms with Gasteiger partial charge in [0.2, 0.25) is 0 Å². The van der Waals surface area contributed by atoms with E-state index in [0.29, 0.717) is 6.61 Å². The van der Waals surface area contributed by atoms with Gasteiger partial charge in [-0.3, -0.25) is 0 Å². The van der Waals surface area contributed by atoms with Crippen molar-refractivity contribution in [3.8, 4) is 0 Å². The quantitative estimate of drug-likeness (QED) is 0.768. The lowest BCUT2D eigenvalue weighted by Crippen LogP contribution is -2.44. The lowest BCUT2D eigenvalue weighted by atomic mass is 9.69. The number of H-pyrrole nitrogens is 1. The molecule has 0 atom stereocenters. The molecule has 0 unspecified atom stereocenters. The van der Waals surface area contributed by atoms with Gasteiger partial charge in [0, 0.05) is 43.4 Å². The summed E-state index contributed by atoms with van der Waals surface area (Å²) in [5.74, 6) is 0. The molecule has 2 N–H and O–H groups in total. The van der Waals surface area contributed by atoms with E-state index in [2.05, 4.69) is 23.0 Å².